The van der Waals surface area contributed by atoms with Crippen LogP contribution in [0.15, 0.2) is 24.3 Å². The van der Waals surface area contributed by atoms with Gasteiger partial charge in [0.15, 0.2) is 5.60 Å². The fourth-order valence-electron chi connectivity index (χ4n) is 5.98. The Kier molecular flexibility index (Phi) is 5.53. The lowest BCUT2D eigenvalue weighted by Crippen LogP contribution is -2.66. The van der Waals surface area contributed by atoms with E-state index in [2.05, 4.69) is 10.0 Å². The Morgan fingerprint density at radius 2 is 1.68 bits per heavy atom. The van der Waals surface area contributed by atoms with E-state index in [0.717, 1.165) is 12.8 Å². The SMILES string of the molecule is CC(=O)NS(=O)(=O)C12CC3CC(C1)C(NC(=O)C(C)(C)Oc1ccc(Cl)cc1)C(C3)C2. The maximum absolute atomic E-state index is 13.1. The molecule has 170 valence electrons. The number of benzene rings is 1. The van der Waals surface area contributed by atoms with Gasteiger partial charge in [0.1, 0.15) is 5.75 Å². The lowest BCUT2D eigenvalue weighted by Gasteiger charge is -2.59. The zero-order valence-electron chi connectivity index (χ0n) is 18.0. The highest BCUT2D eigenvalue weighted by atomic mass is 35.5. The molecule has 0 aromatic heterocycles. The van der Waals surface area contributed by atoms with Gasteiger partial charge in [0.25, 0.3) is 5.91 Å². The first-order chi connectivity index (χ1) is 14.4. The lowest BCUT2D eigenvalue weighted by atomic mass is 9.53. The summed E-state index contributed by atoms with van der Waals surface area (Å²) in [6.45, 7) is 4.66. The second-order valence-electron chi connectivity index (χ2n) is 9.88. The molecule has 2 amide bonds. The van der Waals surface area contributed by atoms with Gasteiger partial charge in [-0.25, -0.2) is 8.42 Å². The number of carbonyl (C=O) groups excluding carboxylic acids is 2. The van der Waals surface area contributed by atoms with Crippen molar-refractivity contribution in [2.24, 2.45) is 17.8 Å². The van der Waals surface area contributed by atoms with Crippen LogP contribution in [0.5, 0.6) is 5.75 Å². The minimum Gasteiger partial charge on any atom is -0.478 e. The number of hydrogen-bond donors (Lipinski definition) is 2. The Balaban J connectivity index is 1.48. The van der Waals surface area contributed by atoms with E-state index >= 15 is 0 Å². The van der Waals surface area contributed by atoms with Crippen LogP contribution in [0.25, 0.3) is 0 Å². The number of sulfonamides is 1. The molecule has 1 aromatic carbocycles. The van der Waals surface area contributed by atoms with Crippen LogP contribution in [-0.4, -0.2) is 36.6 Å². The summed E-state index contributed by atoms with van der Waals surface area (Å²) in [6, 6.07) is 6.76. The van der Waals surface area contributed by atoms with Crippen molar-refractivity contribution in [2.75, 3.05) is 0 Å². The Hall–Kier alpha value is -1.80. The molecule has 9 heteroatoms. The minimum atomic E-state index is -3.75. The average molecular weight is 469 g/mol. The van der Waals surface area contributed by atoms with Gasteiger partial charge in [-0.15, -0.1) is 0 Å². The Morgan fingerprint density at radius 3 is 2.23 bits per heavy atom. The summed E-state index contributed by atoms with van der Waals surface area (Å²) < 4.78 is 33.1. The molecule has 2 unspecified atom stereocenters. The summed E-state index contributed by atoms with van der Waals surface area (Å²) in [5.41, 5.74) is -1.09. The van der Waals surface area contributed by atoms with E-state index in [0.29, 0.717) is 36.0 Å². The topological polar surface area (TPSA) is 102 Å². The fourth-order valence-corrected chi connectivity index (χ4v) is 8.02. The molecule has 4 saturated carbocycles. The van der Waals surface area contributed by atoms with Crippen LogP contribution in [0.2, 0.25) is 5.02 Å². The van der Waals surface area contributed by atoms with E-state index in [4.69, 9.17) is 16.3 Å². The molecule has 2 atom stereocenters. The number of halogens is 1. The van der Waals surface area contributed by atoms with Crippen LogP contribution < -0.4 is 14.8 Å². The van der Waals surface area contributed by atoms with Gasteiger partial charge in [0, 0.05) is 18.0 Å². The van der Waals surface area contributed by atoms with Crippen molar-refractivity contribution in [3.8, 4) is 5.75 Å². The van der Waals surface area contributed by atoms with Gasteiger partial charge in [-0.1, -0.05) is 11.6 Å². The molecule has 5 rings (SSSR count). The lowest BCUT2D eigenvalue weighted by molar-refractivity contribution is -0.137. The van der Waals surface area contributed by atoms with E-state index in [1.54, 1.807) is 38.1 Å². The van der Waals surface area contributed by atoms with Crippen LogP contribution in [-0.2, 0) is 19.6 Å². The molecule has 4 fully saturated rings. The molecule has 0 heterocycles. The number of carbonyl (C=O) groups is 2. The third-order valence-corrected chi connectivity index (χ3v) is 9.54. The van der Waals surface area contributed by atoms with Crippen molar-refractivity contribution >= 4 is 33.4 Å². The van der Waals surface area contributed by atoms with Crippen LogP contribution in [0.1, 0.15) is 52.9 Å². The van der Waals surface area contributed by atoms with E-state index in [1.165, 1.54) is 6.92 Å². The number of hydrogen-bond acceptors (Lipinski definition) is 5. The molecule has 0 spiro atoms. The quantitative estimate of drug-likeness (QED) is 0.668. The molecule has 1 aromatic rings. The first kappa shape index (κ1) is 22.4. The normalized spacial score (nSPS) is 31.9. The van der Waals surface area contributed by atoms with Gasteiger partial charge in [0.05, 0.1) is 4.75 Å². The predicted molar refractivity (Wildman–Crippen MR) is 117 cm³/mol. The zero-order chi connectivity index (χ0) is 22.6. The highest BCUT2D eigenvalue weighted by molar-refractivity contribution is 7.91. The Bertz CT molecular complexity index is 976. The zero-order valence-corrected chi connectivity index (χ0v) is 19.6. The van der Waals surface area contributed by atoms with E-state index in [-0.39, 0.29) is 23.8 Å². The summed E-state index contributed by atoms with van der Waals surface area (Å²) >= 11 is 5.91. The van der Waals surface area contributed by atoms with Crippen LogP contribution >= 0.6 is 11.6 Å². The summed E-state index contributed by atoms with van der Waals surface area (Å²) in [6.07, 6.45) is 3.32. The van der Waals surface area contributed by atoms with Gasteiger partial charge in [-0.05, 0) is 88.0 Å². The van der Waals surface area contributed by atoms with E-state index < -0.39 is 26.3 Å². The second kappa shape index (κ2) is 7.66. The van der Waals surface area contributed by atoms with Crippen molar-refractivity contribution in [3.05, 3.63) is 29.3 Å². The first-order valence-electron chi connectivity index (χ1n) is 10.7. The predicted octanol–water partition coefficient (Wildman–Crippen LogP) is 3.03. The molecule has 4 aliphatic rings. The number of nitrogens with one attached hydrogen (secondary N) is 2. The fraction of sp³-hybridized carbons (Fsp3) is 0.636. The summed E-state index contributed by atoms with van der Waals surface area (Å²) in [5, 5.41) is 3.76. The number of amides is 2. The molecular weight excluding hydrogens is 440 g/mol. The van der Waals surface area contributed by atoms with Crippen LogP contribution in [0.3, 0.4) is 0 Å². The van der Waals surface area contributed by atoms with E-state index in [9.17, 15) is 18.0 Å². The number of rotatable bonds is 6. The van der Waals surface area contributed by atoms with E-state index in [1.807, 2.05) is 0 Å². The highest BCUT2D eigenvalue weighted by Gasteiger charge is 2.61. The molecular formula is C22H29ClN2O5S. The smallest absolute Gasteiger partial charge is 0.263 e. The largest absolute Gasteiger partial charge is 0.478 e. The monoisotopic (exact) mass is 468 g/mol. The van der Waals surface area contributed by atoms with Crippen LogP contribution in [0, 0.1) is 17.8 Å². The summed E-state index contributed by atoms with van der Waals surface area (Å²) in [4.78, 5) is 24.6. The van der Waals surface area contributed by atoms with Gasteiger partial charge < -0.3 is 10.1 Å². The molecule has 4 bridgehead atoms. The molecule has 4 aliphatic carbocycles. The minimum absolute atomic E-state index is 0.0741. The highest BCUT2D eigenvalue weighted by Crippen LogP contribution is 2.58. The average Bonchev–Trinajstić information content (AvgIpc) is 2.64. The molecule has 31 heavy (non-hydrogen) atoms. The maximum Gasteiger partial charge on any atom is 0.263 e. The third kappa shape index (κ3) is 4.16. The van der Waals surface area contributed by atoms with Gasteiger partial charge in [0.2, 0.25) is 15.9 Å². The standard InChI is InChI=1S/C22H29ClN2O5S/c1-13(26)25-31(28,29)22-10-14-8-15(11-22)19(16(9-14)12-22)24-20(27)21(2,3)30-18-6-4-17(23)5-7-18/h4-7,14-16,19H,8-12H2,1-3H3,(H,24,27)(H,25,26). The Morgan fingerprint density at radius 1 is 1.10 bits per heavy atom. The number of ether oxygens (including phenoxy) is 1. The molecule has 0 saturated heterocycles. The molecule has 0 aliphatic heterocycles. The summed E-state index contributed by atoms with van der Waals surface area (Å²) in [5.74, 6) is 0.234. The van der Waals surface area contributed by atoms with Gasteiger partial charge in [-0.3, -0.25) is 14.3 Å². The second-order valence-corrected chi connectivity index (χ2v) is 12.4. The van der Waals surface area contributed by atoms with Crippen molar-refractivity contribution in [2.45, 2.75) is 69.3 Å². The maximum atomic E-state index is 13.1. The molecule has 7 nitrogen and oxygen atoms in total. The molecule has 2 N–H and O–H groups in total. The first-order valence-corrected chi connectivity index (χ1v) is 12.6. The van der Waals surface area contributed by atoms with Crippen molar-refractivity contribution < 1.29 is 22.7 Å². The third-order valence-electron chi connectivity index (χ3n) is 7.10. The molecule has 0 radical (unpaired) electrons. The summed E-state index contributed by atoms with van der Waals surface area (Å²) in [7, 11) is -3.75. The van der Waals surface area contributed by atoms with Crippen molar-refractivity contribution in [1.29, 1.82) is 0 Å². The van der Waals surface area contributed by atoms with Crippen LogP contribution in [0.4, 0.5) is 0 Å². The Labute approximate surface area is 188 Å². The van der Waals surface area contributed by atoms with Crippen molar-refractivity contribution in [3.63, 3.8) is 0 Å². The van der Waals surface area contributed by atoms with Gasteiger partial charge >= 0.3 is 0 Å². The van der Waals surface area contributed by atoms with Gasteiger partial charge in [-0.2, -0.15) is 0 Å². The van der Waals surface area contributed by atoms with Crippen molar-refractivity contribution in [1.82, 2.24) is 10.0 Å².